The van der Waals surface area contributed by atoms with Gasteiger partial charge in [0.1, 0.15) is 0 Å². The van der Waals surface area contributed by atoms with Gasteiger partial charge in [-0.05, 0) is 69.2 Å². The molecule has 0 unspecified atom stereocenters. The number of carbonyl (C=O) groups is 1. The molecule has 1 aliphatic carbocycles. The maximum Gasteiger partial charge on any atom is 0.317 e. The van der Waals surface area contributed by atoms with Crippen molar-refractivity contribution in [2.75, 3.05) is 51.7 Å². The highest BCUT2D eigenvalue weighted by Crippen LogP contribution is 2.29. The molecule has 1 aromatic carbocycles. The lowest BCUT2D eigenvalue weighted by Crippen LogP contribution is -2.47. The lowest BCUT2D eigenvalue weighted by atomic mass is 9.84. The molecule has 0 bridgehead atoms. The smallest absolute Gasteiger partial charge is 0.317 e. The van der Waals surface area contributed by atoms with Crippen molar-refractivity contribution in [3.63, 3.8) is 0 Å². The summed E-state index contributed by atoms with van der Waals surface area (Å²) < 4.78 is 5.55. The molecular weight excluding hydrogens is 378 g/mol. The molecule has 1 aromatic heterocycles. The van der Waals surface area contributed by atoms with Crippen molar-refractivity contribution in [1.29, 1.82) is 0 Å². The molecule has 0 atom stereocenters. The Morgan fingerprint density at radius 1 is 1.17 bits per heavy atom. The van der Waals surface area contributed by atoms with Crippen LogP contribution in [0.1, 0.15) is 37.7 Å². The first kappa shape index (κ1) is 21.0. The van der Waals surface area contributed by atoms with Gasteiger partial charge in [-0.25, -0.2) is 4.79 Å². The number of anilines is 1. The number of benzene rings is 1. The molecule has 2 aromatic rings. The summed E-state index contributed by atoms with van der Waals surface area (Å²) in [4.78, 5) is 18.4. The molecule has 2 fully saturated rings. The van der Waals surface area contributed by atoms with E-state index in [1.54, 1.807) is 19.0 Å². The van der Waals surface area contributed by atoms with Crippen LogP contribution in [0, 0.1) is 12.8 Å². The first-order chi connectivity index (χ1) is 14.5. The van der Waals surface area contributed by atoms with Gasteiger partial charge in [0.15, 0.2) is 11.4 Å². The lowest BCUT2D eigenvalue weighted by Gasteiger charge is -2.36. The Morgan fingerprint density at radius 3 is 2.60 bits per heavy atom. The monoisotopic (exact) mass is 413 g/mol. The van der Waals surface area contributed by atoms with Crippen LogP contribution >= 0.6 is 0 Å². The molecule has 2 heterocycles. The molecule has 1 saturated carbocycles. The number of hydrogen-bond acceptors (Lipinski definition) is 5. The van der Waals surface area contributed by atoms with Crippen LogP contribution in [0.4, 0.5) is 10.6 Å². The van der Waals surface area contributed by atoms with Gasteiger partial charge in [0.25, 0.3) is 0 Å². The van der Waals surface area contributed by atoms with Crippen LogP contribution in [-0.4, -0.2) is 73.8 Å². The fourth-order valence-electron chi connectivity index (χ4n) is 4.71. The van der Waals surface area contributed by atoms with E-state index in [-0.39, 0.29) is 6.03 Å². The third kappa shape index (κ3) is 4.89. The average molecular weight is 414 g/mol. The largest absolute Gasteiger partial charge is 0.354 e. The van der Waals surface area contributed by atoms with Crippen molar-refractivity contribution in [2.45, 2.75) is 45.1 Å². The quantitative estimate of drug-likeness (QED) is 0.813. The number of amides is 2. The van der Waals surface area contributed by atoms with Crippen LogP contribution in [0.5, 0.6) is 0 Å². The summed E-state index contributed by atoms with van der Waals surface area (Å²) in [5.41, 5.74) is 2.08. The van der Waals surface area contributed by atoms with Crippen molar-refractivity contribution in [2.24, 2.45) is 5.92 Å². The number of urea groups is 1. The van der Waals surface area contributed by atoms with E-state index in [9.17, 15) is 4.79 Å². The summed E-state index contributed by atoms with van der Waals surface area (Å²) in [7, 11) is 3.60. The zero-order valence-electron chi connectivity index (χ0n) is 18.6. The topological polar surface area (TPSA) is 64.8 Å². The Kier molecular flexibility index (Phi) is 6.46. The van der Waals surface area contributed by atoms with Crippen molar-refractivity contribution < 1.29 is 9.32 Å². The highest BCUT2D eigenvalue weighted by atomic mass is 16.5. The molecule has 7 heteroatoms. The van der Waals surface area contributed by atoms with Gasteiger partial charge in [0.2, 0.25) is 0 Å². The Balaban J connectivity index is 1.19. The van der Waals surface area contributed by atoms with Crippen LogP contribution in [0.25, 0.3) is 11.0 Å². The van der Waals surface area contributed by atoms with E-state index in [0.717, 1.165) is 61.7 Å². The van der Waals surface area contributed by atoms with Gasteiger partial charge < -0.3 is 19.6 Å². The summed E-state index contributed by atoms with van der Waals surface area (Å²) in [6.07, 6.45) is 5.93. The normalized spacial score (nSPS) is 23.0. The van der Waals surface area contributed by atoms with E-state index >= 15 is 0 Å². The number of piperazine rings is 1. The maximum absolute atomic E-state index is 11.8. The number of hydrogen-bond donors (Lipinski definition) is 1. The van der Waals surface area contributed by atoms with Gasteiger partial charge in [-0.15, -0.1) is 0 Å². The van der Waals surface area contributed by atoms with Crippen LogP contribution in [0.2, 0.25) is 0 Å². The number of fused-ring (bicyclic) bond motifs is 1. The number of nitrogens with one attached hydrogen (secondary N) is 1. The van der Waals surface area contributed by atoms with Crippen molar-refractivity contribution in [1.82, 2.24) is 20.3 Å². The number of rotatable bonds is 5. The summed E-state index contributed by atoms with van der Waals surface area (Å²) in [6, 6.07) is 6.69. The SMILES string of the molecule is Cc1ccc2c(N3CCN(CC[C@H]4CC[C@H](NC(=O)N(C)C)CC4)CC3)noc2c1. The second kappa shape index (κ2) is 9.25. The minimum atomic E-state index is 0.0337. The van der Waals surface area contributed by atoms with E-state index in [2.05, 4.69) is 45.4 Å². The minimum absolute atomic E-state index is 0.0337. The third-order valence-corrected chi connectivity index (χ3v) is 6.71. The van der Waals surface area contributed by atoms with Gasteiger partial charge >= 0.3 is 6.03 Å². The van der Waals surface area contributed by atoms with Crippen LogP contribution in [0.15, 0.2) is 22.7 Å². The Bertz CT molecular complexity index is 848. The van der Waals surface area contributed by atoms with Gasteiger partial charge in [0, 0.05) is 46.3 Å². The zero-order valence-corrected chi connectivity index (χ0v) is 18.6. The first-order valence-electron chi connectivity index (χ1n) is 11.3. The first-order valence-corrected chi connectivity index (χ1v) is 11.3. The number of aryl methyl sites for hydroxylation is 1. The van der Waals surface area contributed by atoms with Crippen molar-refractivity contribution >= 4 is 22.8 Å². The fraction of sp³-hybridized carbons (Fsp3) is 0.652. The van der Waals surface area contributed by atoms with Gasteiger partial charge in [-0.2, -0.15) is 0 Å². The van der Waals surface area contributed by atoms with E-state index in [0.29, 0.717) is 6.04 Å². The molecule has 1 saturated heterocycles. The number of nitrogens with zero attached hydrogens (tertiary/aromatic N) is 4. The van der Waals surface area contributed by atoms with Gasteiger partial charge in [0.05, 0.1) is 5.39 Å². The molecule has 164 valence electrons. The highest BCUT2D eigenvalue weighted by molar-refractivity contribution is 5.89. The molecule has 4 rings (SSSR count). The van der Waals surface area contributed by atoms with Crippen molar-refractivity contribution in [3.05, 3.63) is 23.8 Å². The lowest BCUT2D eigenvalue weighted by molar-refractivity contribution is 0.194. The molecular formula is C23H35N5O2. The Hall–Kier alpha value is -2.28. The zero-order chi connectivity index (χ0) is 21.1. The van der Waals surface area contributed by atoms with Crippen LogP contribution in [0.3, 0.4) is 0 Å². The standard InChI is InChI=1S/C23H35N5O2/c1-17-4-9-20-21(16-17)30-25-22(20)28-14-12-27(13-15-28)11-10-18-5-7-19(8-6-18)24-23(29)26(2)3/h4,9,16,18-19H,5-8,10-15H2,1-3H3,(H,24,29)/t18-,19-. The van der Waals surface area contributed by atoms with Crippen molar-refractivity contribution in [3.8, 4) is 0 Å². The second-order valence-electron chi connectivity index (χ2n) is 9.18. The average Bonchev–Trinajstić information content (AvgIpc) is 3.16. The number of carbonyl (C=O) groups excluding carboxylic acids is 1. The van der Waals surface area contributed by atoms with E-state index in [1.165, 1.54) is 31.4 Å². The Labute approximate surface area is 179 Å². The fourth-order valence-corrected chi connectivity index (χ4v) is 4.71. The summed E-state index contributed by atoms with van der Waals surface area (Å²) >= 11 is 0. The Morgan fingerprint density at radius 2 is 1.90 bits per heavy atom. The second-order valence-corrected chi connectivity index (χ2v) is 9.18. The highest BCUT2D eigenvalue weighted by Gasteiger charge is 2.25. The predicted molar refractivity (Wildman–Crippen MR) is 120 cm³/mol. The van der Waals surface area contributed by atoms with Gasteiger partial charge in [-0.1, -0.05) is 11.2 Å². The molecule has 0 radical (unpaired) electrons. The molecule has 0 spiro atoms. The summed E-state index contributed by atoms with van der Waals surface area (Å²) in [6.45, 7) is 7.40. The van der Waals surface area contributed by atoms with E-state index in [1.807, 2.05) is 0 Å². The summed E-state index contributed by atoms with van der Waals surface area (Å²) in [5.74, 6) is 1.78. The summed E-state index contributed by atoms with van der Waals surface area (Å²) in [5, 5.41) is 8.60. The van der Waals surface area contributed by atoms with Crippen LogP contribution < -0.4 is 10.2 Å². The molecule has 2 amide bonds. The van der Waals surface area contributed by atoms with Crippen LogP contribution in [-0.2, 0) is 0 Å². The molecule has 1 aliphatic heterocycles. The third-order valence-electron chi connectivity index (χ3n) is 6.71. The molecule has 7 nitrogen and oxygen atoms in total. The molecule has 30 heavy (non-hydrogen) atoms. The van der Waals surface area contributed by atoms with E-state index < -0.39 is 0 Å². The number of aromatic nitrogens is 1. The minimum Gasteiger partial charge on any atom is -0.354 e. The van der Waals surface area contributed by atoms with Gasteiger partial charge in [-0.3, -0.25) is 4.90 Å². The van der Waals surface area contributed by atoms with E-state index in [4.69, 9.17) is 4.52 Å². The molecule has 1 N–H and O–H groups in total. The maximum atomic E-state index is 11.8. The predicted octanol–water partition coefficient (Wildman–Crippen LogP) is 3.48. The molecule has 2 aliphatic rings.